The average Bonchev–Trinajstić information content (AvgIpc) is 3.13. The van der Waals surface area contributed by atoms with Crippen LogP contribution in [0.4, 0.5) is 5.82 Å². The molecule has 3 heterocycles. The minimum Gasteiger partial charge on any atom is -0.387 e. The van der Waals surface area contributed by atoms with Gasteiger partial charge in [0.25, 0.3) is 0 Å². The van der Waals surface area contributed by atoms with E-state index < -0.39 is 59.0 Å². The fourth-order valence-electron chi connectivity index (χ4n) is 2.76. The van der Waals surface area contributed by atoms with Crippen LogP contribution < -0.4 is 5.73 Å². The van der Waals surface area contributed by atoms with E-state index >= 15 is 0 Å². The van der Waals surface area contributed by atoms with Crippen molar-refractivity contribution in [2.45, 2.75) is 24.5 Å². The highest BCUT2D eigenvalue weighted by atomic mass is 32.5. The van der Waals surface area contributed by atoms with Crippen LogP contribution >= 0.6 is 21.9 Å². The van der Waals surface area contributed by atoms with Gasteiger partial charge in [0.1, 0.15) is 30.2 Å². The van der Waals surface area contributed by atoms with Gasteiger partial charge >= 0.3 is 21.9 Å². The third-order valence-electron chi connectivity index (χ3n) is 3.99. The number of fused-ring (bicyclic) bond motifs is 1. The van der Waals surface area contributed by atoms with Crippen molar-refractivity contribution in [3.63, 3.8) is 0 Å². The van der Waals surface area contributed by atoms with Gasteiger partial charge in [0.05, 0.1) is 12.9 Å². The highest BCUT2D eigenvalue weighted by molar-refractivity contribution is 8.08. The summed E-state index contributed by atoms with van der Waals surface area (Å²) in [6.45, 7) is -5.17. The summed E-state index contributed by atoms with van der Waals surface area (Å²) in [6, 6.07) is 0. The molecule has 8 N–H and O–H groups in total. The number of aliphatic hydroxyl groups excluding tert-OH is 2. The van der Waals surface area contributed by atoms with Crippen LogP contribution in [0, 0.1) is 0 Å². The fourth-order valence-corrected chi connectivity index (χ4v) is 8.23. The molecule has 1 fully saturated rings. The molecule has 174 valence electrons. The topological polar surface area (TPSA) is 253 Å². The normalized spacial score (nSPS) is 28.5. The summed E-state index contributed by atoms with van der Waals surface area (Å²) in [6.07, 6.45) is -3.11. The highest BCUT2D eigenvalue weighted by Gasteiger charge is 2.45. The van der Waals surface area contributed by atoms with Crippen molar-refractivity contribution in [3.8, 4) is 0 Å². The first kappa shape index (κ1) is 24.7. The number of nitrogens with zero attached hydrogens (tertiary/aromatic N) is 4. The molecule has 1 aliphatic heterocycles. The summed E-state index contributed by atoms with van der Waals surface area (Å²) in [7, 11) is -9.94. The molecular formula is C11H18N5O11P3S. The van der Waals surface area contributed by atoms with Crippen molar-refractivity contribution < 1.29 is 52.5 Å². The average molecular weight is 521 g/mol. The van der Waals surface area contributed by atoms with Crippen LogP contribution in [0.3, 0.4) is 0 Å². The summed E-state index contributed by atoms with van der Waals surface area (Å²) < 4.78 is 38.6. The van der Waals surface area contributed by atoms with Gasteiger partial charge in [-0.15, -0.1) is 0 Å². The SMILES string of the molecule is Nc1ncnc2c1ncn2[C@@H]1O[C@H](COP(O)(=S)OP(=O)(O)CP(=O)(O)O)[C@@H](O)[C@H]1O. The second-order valence-electron chi connectivity index (χ2n) is 6.42. The van der Waals surface area contributed by atoms with Gasteiger partial charge in [-0.3, -0.25) is 13.7 Å². The van der Waals surface area contributed by atoms with Crippen molar-refractivity contribution >= 4 is 50.7 Å². The monoisotopic (exact) mass is 521 g/mol. The molecule has 0 aromatic carbocycles. The number of anilines is 1. The van der Waals surface area contributed by atoms with Gasteiger partial charge in [-0.2, -0.15) is 0 Å². The van der Waals surface area contributed by atoms with Crippen LogP contribution in [0.25, 0.3) is 11.2 Å². The van der Waals surface area contributed by atoms with Crippen molar-refractivity contribution in [2.75, 3.05) is 18.2 Å². The number of aliphatic hydroxyl groups is 2. The molecule has 16 nitrogen and oxygen atoms in total. The maximum Gasteiger partial charge on any atom is 0.347 e. The van der Waals surface area contributed by atoms with Crippen molar-refractivity contribution in [2.24, 2.45) is 0 Å². The Labute approximate surface area is 178 Å². The van der Waals surface area contributed by atoms with Crippen LogP contribution in [-0.4, -0.2) is 80.1 Å². The van der Waals surface area contributed by atoms with Crippen LogP contribution in [-0.2, 0) is 34.5 Å². The van der Waals surface area contributed by atoms with E-state index in [2.05, 4.69) is 31.1 Å². The Balaban J connectivity index is 1.69. The zero-order valence-electron chi connectivity index (χ0n) is 15.2. The largest absolute Gasteiger partial charge is 0.387 e. The fraction of sp³-hybridized carbons (Fsp3) is 0.545. The number of imidazole rings is 1. The van der Waals surface area contributed by atoms with E-state index in [1.54, 1.807) is 0 Å². The molecule has 3 rings (SSSR count). The summed E-state index contributed by atoms with van der Waals surface area (Å²) in [5.41, 5.74) is 6.14. The third-order valence-corrected chi connectivity index (χ3v) is 10.1. The molecule has 0 spiro atoms. The van der Waals surface area contributed by atoms with Crippen LogP contribution in [0.15, 0.2) is 12.7 Å². The van der Waals surface area contributed by atoms with Gasteiger partial charge in [0.2, 0.25) is 0 Å². The molecule has 20 heteroatoms. The molecule has 6 atom stereocenters. The quantitative estimate of drug-likeness (QED) is 0.197. The Morgan fingerprint density at radius 2 is 1.84 bits per heavy atom. The minimum absolute atomic E-state index is 0.0820. The molecule has 0 aliphatic carbocycles. The summed E-state index contributed by atoms with van der Waals surface area (Å²) in [4.78, 5) is 48.8. The number of hydrogen-bond acceptors (Lipinski definition) is 12. The first-order valence-electron chi connectivity index (χ1n) is 8.19. The van der Waals surface area contributed by atoms with Crippen LogP contribution in [0.1, 0.15) is 6.23 Å². The van der Waals surface area contributed by atoms with E-state index in [1.807, 2.05) is 0 Å². The van der Waals surface area contributed by atoms with E-state index in [4.69, 9.17) is 24.8 Å². The number of nitrogens with two attached hydrogens (primary N) is 1. The number of rotatable bonds is 8. The first-order valence-corrected chi connectivity index (χ1v) is 14.3. The van der Waals surface area contributed by atoms with Crippen molar-refractivity contribution in [1.29, 1.82) is 0 Å². The maximum atomic E-state index is 11.7. The first-order chi connectivity index (χ1) is 14.2. The predicted octanol–water partition coefficient (Wildman–Crippen LogP) is -1.40. The zero-order valence-corrected chi connectivity index (χ0v) is 18.7. The molecule has 0 amide bonds. The molecule has 0 saturated carbocycles. The van der Waals surface area contributed by atoms with E-state index in [0.29, 0.717) is 0 Å². The predicted molar refractivity (Wildman–Crippen MR) is 106 cm³/mol. The lowest BCUT2D eigenvalue weighted by molar-refractivity contribution is -0.0485. The summed E-state index contributed by atoms with van der Waals surface area (Å²) in [5.74, 6) is -1.50. The minimum atomic E-state index is -4.99. The summed E-state index contributed by atoms with van der Waals surface area (Å²) >= 11 is 4.56. The van der Waals surface area contributed by atoms with E-state index in [9.17, 15) is 29.1 Å². The lowest BCUT2D eigenvalue weighted by Crippen LogP contribution is -2.33. The molecule has 2 aromatic rings. The van der Waals surface area contributed by atoms with Crippen molar-refractivity contribution in [3.05, 3.63) is 12.7 Å². The Hall–Kier alpha value is -0.900. The molecule has 0 radical (unpaired) electrons. The van der Waals surface area contributed by atoms with Gasteiger partial charge in [-0.1, -0.05) is 0 Å². The summed E-state index contributed by atoms with van der Waals surface area (Å²) in [5, 5.41) is 20.6. The second kappa shape index (κ2) is 8.80. The molecular weight excluding hydrogens is 503 g/mol. The maximum absolute atomic E-state index is 11.7. The van der Waals surface area contributed by atoms with Gasteiger partial charge in [-0.05, 0) is 11.8 Å². The smallest absolute Gasteiger partial charge is 0.347 e. The molecule has 0 bridgehead atoms. The van der Waals surface area contributed by atoms with Gasteiger partial charge in [0.15, 0.2) is 23.6 Å². The Bertz CT molecular complexity index is 1110. The lowest BCUT2D eigenvalue weighted by atomic mass is 10.1. The van der Waals surface area contributed by atoms with Gasteiger partial charge < -0.3 is 44.8 Å². The third kappa shape index (κ3) is 5.92. The molecule has 1 saturated heterocycles. The molecule has 1 aliphatic rings. The second-order valence-corrected chi connectivity index (χ2v) is 13.4. The number of hydrogen-bond donors (Lipinski definition) is 7. The Kier molecular flexibility index (Phi) is 7.02. The van der Waals surface area contributed by atoms with Crippen molar-refractivity contribution in [1.82, 2.24) is 19.5 Å². The number of nitrogen functional groups attached to an aromatic ring is 1. The van der Waals surface area contributed by atoms with Crippen LogP contribution in [0.5, 0.6) is 0 Å². The number of aromatic nitrogens is 4. The lowest BCUT2D eigenvalue weighted by Gasteiger charge is -2.22. The molecule has 31 heavy (non-hydrogen) atoms. The van der Waals surface area contributed by atoms with Gasteiger partial charge in [-0.25, -0.2) is 19.3 Å². The van der Waals surface area contributed by atoms with E-state index in [0.717, 1.165) is 6.33 Å². The molecule has 2 aromatic heterocycles. The number of ether oxygens (including phenoxy) is 1. The van der Waals surface area contributed by atoms with Gasteiger partial charge in [0, 0.05) is 0 Å². The Morgan fingerprint density at radius 3 is 2.48 bits per heavy atom. The standard InChI is InChI=1S/C11H18N5O11P3S/c12-9-6-10(14-2-13-9)16(3-15-6)11-8(18)7(17)5(26-11)1-25-30(24,31)27-29(22,23)4-28(19,20)21/h2-3,5,7-8,11,17-18H,1,4H2,(H,22,23)(H,24,31)(H2,12,13,14)(H2,19,20,21)/t5-,7-,8-,11-,30?/m1/s1. The van der Waals surface area contributed by atoms with Crippen LogP contribution in [0.2, 0.25) is 0 Å². The van der Waals surface area contributed by atoms with E-state index in [1.165, 1.54) is 10.9 Å². The zero-order chi connectivity index (χ0) is 23.2. The van der Waals surface area contributed by atoms with E-state index in [-0.39, 0.29) is 17.0 Å². The Morgan fingerprint density at radius 1 is 1.16 bits per heavy atom. The highest BCUT2D eigenvalue weighted by Crippen LogP contribution is 2.65. The molecule has 2 unspecified atom stereocenters.